The minimum atomic E-state index is 0.150. The second kappa shape index (κ2) is 7.67. The summed E-state index contributed by atoms with van der Waals surface area (Å²) in [5.74, 6) is 0.599. The van der Waals surface area contributed by atoms with Crippen molar-refractivity contribution < 1.29 is 14.3 Å². The minimum Gasteiger partial charge on any atom is -0.508 e. The molecule has 0 heterocycles. The first-order valence-electron chi connectivity index (χ1n) is 4.84. The molecule has 0 unspecified atom stereocenters. The molecule has 0 saturated carbocycles. The molecule has 2 N–H and O–H groups in total. The van der Waals surface area contributed by atoms with Gasteiger partial charge in [-0.1, -0.05) is 36.4 Å². The highest BCUT2D eigenvalue weighted by molar-refractivity contribution is 6.51. The van der Waals surface area contributed by atoms with E-state index in [1.54, 1.807) is 36.4 Å². The van der Waals surface area contributed by atoms with Crippen LogP contribution in [0.1, 0.15) is 0 Å². The van der Waals surface area contributed by atoms with Gasteiger partial charge in [-0.2, -0.15) is 0 Å². The Morgan fingerprint density at radius 3 is 1.94 bits per heavy atom. The van der Waals surface area contributed by atoms with Gasteiger partial charge in [-0.3, -0.25) is 0 Å². The lowest BCUT2D eigenvalue weighted by molar-refractivity contribution is 0.475. The van der Waals surface area contributed by atoms with Crippen molar-refractivity contribution in [1.29, 1.82) is 0 Å². The summed E-state index contributed by atoms with van der Waals surface area (Å²) in [6.45, 7) is 0. The molecule has 0 spiro atoms. The fraction of sp³-hybridized carbons (Fsp3) is 0. The molecule has 5 radical (unpaired) electrons. The number of benzene rings is 2. The van der Waals surface area contributed by atoms with Gasteiger partial charge < -0.3 is 14.3 Å². The lowest BCUT2D eigenvalue weighted by Gasteiger charge is -1.98. The van der Waals surface area contributed by atoms with Crippen LogP contribution in [0.4, 0.5) is 0 Å². The zero-order chi connectivity index (χ0) is 12.5. The second-order valence-corrected chi connectivity index (χ2v) is 4.62. The predicted molar refractivity (Wildman–Crippen MR) is 68.4 cm³/mol. The van der Waals surface area contributed by atoms with Crippen molar-refractivity contribution in [2.45, 2.75) is 0 Å². The van der Waals surface area contributed by atoms with E-state index in [2.05, 4.69) is 14.6 Å². The van der Waals surface area contributed by atoms with Crippen molar-refractivity contribution in [3.8, 4) is 11.5 Å². The Bertz CT molecular complexity index is 435. The molecular formula is C12H11O3Si2. The summed E-state index contributed by atoms with van der Waals surface area (Å²) in [7, 11) is 3.02. The quantitative estimate of drug-likeness (QED) is 0.795. The van der Waals surface area contributed by atoms with Crippen molar-refractivity contribution in [1.82, 2.24) is 0 Å². The van der Waals surface area contributed by atoms with E-state index in [4.69, 9.17) is 10.2 Å². The third-order valence-corrected chi connectivity index (χ3v) is 2.87. The summed E-state index contributed by atoms with van der Waals surface area (Å²) in [6, 6.07) is 15.8. The molecule has 3 nitrogen and oxygen atoms in total. The van der Waals surface area contributed by atoms with Crippen molar-refractivity contribution >= 4 is 25.4 Å². The molecule has 0 fully saturated rings. The molecule has 0 aromatic heterocycles. The van der Waals surface area contributed by atoms with Crippen LogP contribution < -0.4 is 5.19 Å². The van der Waals surface area contributed by atoms with Crippen LogP contribution in [0.25, 0.3) is 0 Å². The van der Waals surface area contributed by atoms with Crippen molar-refractivity contribution in [3.05, 3.63) is 54.6 Å². The van der Waals surface area contributed by atoms with Gasteiger partial charge in [0.2, 0.25) is 10.5 Å². The monoisotopic (exact) mass is 259 g/mol. The normalized spacial score (nSPS) is 9.24. The number of phenols is 2. The number of para-hydroxylation sites is 2. The number of hydrogen-bond acceptors (Lipinski definition) is 3. The Morgan fingerprint density at radius 1 is 0.882 bits per heavy atom. The molecule has 5 heteroatoms. The van der Waals surface area contributed by atoms with Crippen LogP contribution in [0.2, 0.25) is 0 Å². The Balaban J connectivity index is 0.000000181. The van der Waals surface area contributed by atoms with E-state index in [0.29, 0.717) is 5.75 Å². The molecule has 2 aromatic rings. The fourth-order valence-corrected chi connectivity index (χ4v) is 1.83. The topological polar surface area (TPSA) is 49.7 Å². The van der Waals surface area contributed by atoms with Gasteiger partial charge in [-0.05, 0) is 18.2 Å². The van der Waals surface area contributed by atoms with Crippen LogP contribution in [-0.4, -0.2) is 30.5 Å². The molecule has 17 heavy (non-hydrogen) atoms. The molecule has 0 aliphatic heterocycles. The molecule has 2 rings (SSSR count). The van der Waals surface area contributed by atoms with E-state index in [-0.39, 0.29) is 15.5 Å². The van der Waals surface area contributed by atoms with Crippen LogP contribution >= 0.6 is 0 Å². The number of rotatable bonds is 2. The molecule has 0 bridgehead atoms. The van der Waals surface area contributed by atoms with Gasteiger partial charge in [0.05, 0.1) is 0 Å². The highest BCUT2D eigenvalue weighted by Gasteiger charge is 1.98. The maximum Gasteiger partial charge on any atom is 0.260 e. The van der Waals surface area contributed by atoms with E-state index >= 15 is 0 Å². The Morgan fingerprint density at radius 2 is 1.47 bits per heavy atom. The molecule has 0 aliphatic carbocycles. The van der Waals surface area contributed by atoms with Crippen molar-refractivity contribution in [2.24, 2.45) is 0 Å². The molecule has 0 saturated heterocycles. The SMILES string of the molecule is Oc1ccccc1.Oc1ccccc1[Si]O[Si]. The third kappa shape index (κ3) is 5.34. The van der Waals surface area contributed by atoms with E-state index in [0.717, 1.165) is 5.19 Å². The predicted octanol–water partition coefficient (Wildman–Crippen LogP) is 1.13. The van der Waals surface area contributed by atoms with Gasteiger partial charge in [0.25, 0.3) is 9.76 Å². The van der Waals surface area contributed by atoms with Crippen LogP contribution in [0, 0.1) is 0 Å². The molecule has 0 atom stereocenters. The van der Waals surface area contributed by atoms with Crippen molar-refractivity contribution in [3.63, 3.8) is 0 Å². The first-order valence-corrected chi connectivity index (χ1v) is 6.16. The first kappa shape index (κ1) is 13.5. The van der Waals surface area contributed by atoms with Gasteiger partial charge in [0, 0.05) is 5.19 Å². The summed E-state index contributed by atoms with van der Waals surface area (Å²) in [6.07, 6.45) is 0. The van der Waals surface area contributed by atoms with Gasteiger partial charge in [0.1, 0.15) is 11.5 Å². The smallest absolute Gasteiger partial charge is 0.260 e. The standard InChI is InChI=1S/C6H5O2Si2.C6H6O/c7-5-3-1-2-4-6(5)10-8-9;7-6-4-2-1-3-5-6/h1-4,7H;1-5,7H. The van der Waals surface area contributed by atoms with Gasteiger partial charge >= 0.3 is 0 Å². The van der Waals surface area contributed by atoms with Crippen molar-refractivity contribution in [2.75, 3.05) is 0 Å². The summed E-state index contributed by atoms with van der Waals surface area (Å²) in [5, 5.41) is 18.6. The lowest BCUT2D eigenvalue weighted by Crippen LogP contribution is -2.16. The third-order valence-electron chi connectivity index (χ3n) is 1.82. The van der Waals surface area contributed by atoms with Gasteiger partial charge in [-0.15, -0.1) is 0 Å². The number of aromatic hydroxyl groups is 2. The van der Waals surface area contributed by atoms with E-state index in [1.165, 1.54) is 0 Å². The van der Waals surface area contributed by atoms with Gasteiger partial charge in [-0.25, -0.2) is 0 Å². The summed E-state index contributed by atoms with van der Waals surface area (Å²) < 4.78 is 4.68. The highest BCUT2D eigenvalue weighted by Crippen LogP contribution is 2.02. The Labute approximate surface area is 106 Å². The fourth-order valence-electron chi connectivity index (χ4n) is 1.04. The Hall–Kier alpha value is -1.57. The Kier molecular flexibility index (Phi) is 6.09. The number of hydrogen-bond donors (Lipinski definition) is 2. The van der Waals surface area contributed by atoms with Crippen LogP contribution in [0.5, 0.6) is 11.5 Å². The molecule has 0 aliphatic rings. The second-order valence-electron chi connectivity index (χ2n) is 3.06. The minimum absolute atomic E-state index is 0.150. The van der Waals surface area contributed by atoms with E-state index in [1.807, 2.05) is 18.2 Å². The highest BCUT2D eigenvalue weighted by atomic mass is 28.3. The zero-order valence-electron chi connectivity index (χ0n) is 9.00. The zero-order valence-corrected chi connectivity index (χ0v) is 11.0. The van der Waals surface area contributed by atoms with E-state index in [9.17, 15) is 0 Å². The van der Waals surface area contributed by atoms with Gasteiger partial charge in [0.15, 0.2) is 0 Å². The molecule has 85 valence electrons. The summed E-state index contributed by atoms with van der Waals surface area (Å²) in [5.41, 5.74) is 0. The van der Waals surface area contributed by atoms with Crippen LogP contribution in [-0.2, 0) is 4.12 Å². The average molecular weight is 259 g/mol. The molecule has 0 amide bonds. The maximum absolute atomic E-state index is 9.15. The maximum atomic E-state index is 9.15. The molecular weight excluding hydrogens is 248 g/mol. The average Bonchev–Trinajstić information content (AvgIpc) is 2.34. The van der Waals surface area contributed by atoms with Crippen LogP contribution in [0.3, 0.4) is 0 Å². The number of phenolic OH excluding ortho intramolecular Hbond substituents is 2. The molecule has 2 aromatic carbocycles. The van der Waals surface area contributed by atoms with Crippen LogP contribution in [0.15, 0.2) is 54.6 Å². The largest absolute Gasteiger partial charge is 0.508 e. The summed E-state index contributed by atoms with van der Waals surface area (Å²) in [4.78, 5) is 0. The van der Waals surface area contributed by atoms with E-state index < -0.39 is 0 Å². The lowest BCUT2D eigenvalue weighted by atomic mass is 10.3. The first-order chi connectivity index (χ1) is 8.24. The summed E-state index contributed by atoms with van der Waals surface area (Å²) >= 11 is 0.